The van der Waals surface area contributed by atoms with Crippen LogP contribution in [0, 0.1) is 0 Å². The van der Waals surface area contributed by atoms with Crippen LogP contribution in [0.15, 0.2) is 199 Å². The first-order valence-corrected chi connectivity index (χ1v) is 17.6. The summed E-state index contributed by atoms with van der Waals surface area (Å²) in [6, 6.07) is 68.9. The molecule has 244 valence electrons. The Balaban J connectivity index is 1.10. The summed E-state index contributed by atoms with van der Waals surface area (Å²) >= 11 is 0. The molecule has 0 aliphatic heterocycles. The van der Waals surface area contributed by atoms with E-state index in [1.54, 1.807) is 0 Å². The van der Waals surface area contributed by atoms with Crippen LogP contribution >= 0.6 is 0 Å². The van der Waals surface area contributed by atoms with Gasteiger partial charge in [0.25, 0.3) is 0 Å². The highest BCUT2D eigenvalue weighted by atomic mass is 16.3. The highest BCUT2D eigenvalue weighted by Crippen LogP contribution is 2.44. The van der Waals surface area contributed by atoms with Crippen molar-refractivity contribution in [3.8, 4) is 33.4 Å². The molecule has 3 nitrogen and oxygen atoms in total. The van der Waals surface area contributed by atoms with Crippen molar-refractivity contribution in [2.45, 2.75) is 0 Å². The number of hydrogen-bond donors (Lipinski definition) is 0. The molecule has 3 heteroatoms. The third-order valence-corrected chi connectivity index (χ3v) is 10.1. The largest absolute Gasteiger partial charge is 0.438 e. The number of fused-ring (bicyclic) bond motifs is 5. The molecule has 0 radical (unpaired) electrons. The van der Waals surface area contributed by atoms with Crippen molar-refractivity contribution >= 4 is 60.8 Å². The Bertz CT molecular complexity index is 2870. The van der Waals surface area contributed by atoms with Crippen LogP contribution in [0.5, 0.6) is 0 Å². The van der Waals surface area contributed by atoms with Crippen LogP contribution < -0.4 is 4.90 Å². The van der Waals surface area contributed by atoms with Crippen molar-refractivity contribution in [2.75, 3.05) is 4.90 Å². The van der Waals surface area contributed by atoms with Crippen LogP contribution in [0.1, 0.15) is 0 Å². The van der Waals surface area contributed by atoms with Gasteiger partial charge in [-0.05, 0) is 92.7 Å². The molecule has 52 heavy (non-hydrogen) atoms. The Morgan fingerprint density at radius 3 is 1.69 bits per heavy atom. The Morgan fingerprint density at radius 1 is 0.404 bits per heavy atom. The van der Waals surface area contributed by atoms with E-state index in [9.17, 15) is 0 Å². The summed E-state index contributed by atoms with van der Waals surface area (Å²) in [5.74, 6) is 0. The topological polar surface area (TPSA) is 29.3 Å². The average Bonchev–Trinajstić information content (AvgIpc) is 3.59. The summed E-state index contributed by atoms with van der Waals surface area (Å²) in [5, 5.41) is 5.60. The highest BCUT2D eigenvalue weighted by molar-refractivity contribution is 6.14. The van der Waals surface area contributed by atoms with Gasteiger partial charge in [0.15, 0.2) is 0 Å². The Morgan fingerprint density at radius 2 is 0.962 bits per heavy atom. The summed E-state index contributed by atoms with van der Waals surface area (Å²) in [7, 11) is 0. The zero-order chi connectivity index (χ0) is 34.4. The number of anilines is 3. The van der Waals surface area contributed by atoms with Gasteiger partial charge in [-0.25, -0.2) is 4.98 Å². The first-order valence-electron chi connectivity index (χ1n) is 17.6. The lowest BCUT2D eigenvalue weighted by molar-refractivity contribution is 0.656. The standard InChI is InChI=1S/C49H32N2O/c1-2-10-33(11-3-1)34-20-22-35(23-21-34)36-24-28-40(29-25-36)51(41-30-26-38(27-31-41)43-16-8-14-37-12-4-6-15-42(37)43)46-18-9-19-47-48(46)44-32-39-13-5-7-17-45(39)50-49(44)52-47/h1-32H. The lowest BCUT2D eigenvalue weighted by Crippen LogP contribution is -2.10. The van der Waals surface area contributed by atoms with Gasteiger partial charge in [-0.2, -0.15) is 0 Å². The van der Waals surface area contributed by atoms with E-state index in [0.29, 0.717) is 5.71 Å². The average molecular weight is 665 g/mol. The van der Waals surface area contributed by atoms with Crippen LogP contribution in [-0.2, 0) is 0 Å². The zero-order valence-electron chi connectivity index (χ0n) is 28.3. The van der Waals surface area contributed by atoms with Crippen LogP contribution in [0.4, 0.5) is 17.1 Å². The molecule has 10 aromatic rings. The first-order chi connectivity index (χ1) is 25.8. The predicted octanol–water partition coefficient (Wildman–Crippen LogP) is 13.8. The van der Waals surface area contributed by atoms with Gasteiger partial charge < -0.3 is 9.32 Å². The third-order valence-electron chi connectivity index (χ3n) is 10.1. The molecule has 0 fully saturated rings. The van der Waals surface area contributed by atoms with Crippen molar-refractivity contribution in [1.29, 1.82) is 0 Å². The number of pyridine rings is 1. The van der Waals surface area contributed by atoms with Crippen molar-refractivity contribution in [3.05, 3.63) is 194 Å². The van der Waals surface area contributed by atoms with Crippen molar-refractivity contribution in [1.82, 2.24) is 4.98 Å². The maximum absolute atomic E-state index is 6.42. The number of hydrogen-bond acceptors (Lipinski definition) is 3. The normalized spacial score (nSPS) is 11.5. The van der Waals surface area contributed by atoms with Crippen LogP contribution in [0.2, 0.25) is 0 Å². The van der Waals surface area contributed by atoms with E-state index in [1.807, 2.05) is 18.2 Å². The number of para-hydroxylation sites is 1. The van der Waals surface area contributed by atoms with Gasteiger partial charge in [0.1, 0.15) is 5.58 Å². The van der Waals surface area contributed by atoms with Gasteiger partial charge >= 0.3 is 0 Å². The highest BCUT2D eigenvalue weighted by Gasteiger charge is 2.21. The van der Waals surface area contributed by atoms with E-state index in [0.717, 1.165) is 49.9 Å². The monoisotopic (exact) mass is 664 g/mol. The molecule has 0 amide bonds. The molecule has 10 rings (SSSR count). The first kappa shape index (κ1) is 29.9. The molecule has 0 aliphatic rings. The van der Waals surface area contributed by atoms with Crippen LogP contribution in [-0.4, -0.2) is 4.98 Å². The minimum absolute atomic E-state index is 0.640. The maximum Gasteiger partial charge on any atom is 0.227 e. The quantitative estimate of drug-likeness (QED) is 0.177. The number of rotatable bonds is 6. The zero-order valence-corrected chi connectivity index (χ0v) is 28.3. The SMILES string of the molecule is c1ccc(-c2ccc(-c3ccc(N(c4ccc(-c5cccc6ccccc56)cc4)c4cccc5oc6nc7ccccc7cc6c45)cc3)cc2)cc1. The summed E-state index contributed by atoms with van der Waals surface area (Å²) in [4.78, 5) is 7.25. The second-order valence-electron chi connectivity index (χ2n) is 13.2. The van der Waals surface area contributed by atoms with Gasteiger partial charge in [-0.3, -0.25) is 0 Å². The van der Waals surface area contributed by atoms with Gasteiger partial charge in [0.05, 0.1) is 22.0 Å². The Hall–Kier alpha value is -6.97. The molecule has 8 aromatic carbocycles. The molecular weight excluding hydrogens is 633 g/mol. The lowest BCUT2D eigenvalue weighted by Gasteiger charge is -2.26. The van der Waals surface area contributed by atoms with Crippen molar-refractivity contribution in [3.63, 3.8) is 0 Å². The minimum atomic E-state index is 0.640. The van der Waals surface area contributed by atoms with Crippen LogP contribution in [0.25, 0.3) is 77.1 Å². The number of furan rings is 1. The summed E-state index contributed by atoms with van der Waals surface area (Å²) in [6.07, 6.45) is 0. The molecular formula is C49H32N2O. The molecule has 0 aliphatic carbocycles. The minimum Gasteiger partial charge on any atom is -0.438 e. The maximum atomic E-state index is 6.42. The summed E-state index contributed by atoms with van der Waals surface area (Å²) in [5.41, 5.74) is 12.7. The molecule has 0 saturated heterocycles. The second kappa shape index (κ2) is 12.4. The van der Waals surface area contributed by atoms with Crippen molar-refractivity contribution in [2.24, 2.45) is 0 Å². The fourth-order valence-corrected chi connectivity index (χ4v) is 7.50. The number of aromatic nitrogens is 1. The predicted molar refractivity (Wildman–Crippen MR) is 218 cm³/mol. The van der Waals surface area contributed by atoms with E-state index in [-0.39, 0.29) is 0 Å². The van der Waals surface area contributed by atoms with E-state index in [1.165, 1.54) is 38.6 Å². The second-order valence-corrected chi connectivity index (χ2v) is 13.2. The van der Waals surface area contributed by atoms with E-state index < -0.39 is 0 Å². The molecule has 2 aromatic heterocycles. The molecule has 0 atom stereocenters. The number of nitrogens with zero attached hydrogens (tertiary/aromatic N) is 2. The third kappa shape index (κ3) is 5.19. The molecule has 0 N–H and O–H groups in total. The summed E-state index contributed by atoms with van der Waals surface area (Å²) in [6.45, 7) is 0. The van der Waals surface area contributed by atoms with E-state index in [4.69, 9.17) is 9.40 Å². The van der Waals surface area contributed by atoms with E-state index in [2.05, 4.69) is 181 Å². The van der Waals surface area contributed by atoms with Gasteiger partial charge in [-0.1, -0.05) is 146 Å². The molecule has 0 bridgehead atoms. The van der Waals surface area contributed by atoms with Crippen LogP contribution in [0.3, 0.4) is 0 Å². The Kier molecular flexibility index (Phi) is 7.14. The van der Waals surface area contributed by atoms with Gasteiger partial charge in [0.2, 0.25) is 5.71 Å². The fraction of sp³-hybridized carbons (Fsp3) is 0. The Labute approximate surface area is 301 Å². The summed E-state index contributed by atoms with van der Waals surface area (Å²) < 4.78 is 6.42. The van der Waals surface area contributed by atoms with Crippen molar-refractivity contribution < 1.29 is 4.42 Å². The van der Waals surface area contributed by atoms with Gasteiger partial charge in [-0.15, -0.1) is 0 Å². The molecule has 2 heterocycles. The molecule has 0 saturated carbocycles. The number of benzene rings is 8. The fourth-order valence-electron chi connectivity index (χ4n) is 7.50. The van der Waals surface area contributed by atoms with E-state index >= 15 is 0 Å². The lowest BCUT2D eigenvalue weighted by atomic mass is 9.98. The smallest absolute Gasteiger partial charge is 0.227 e. The molecule has 0 unspecified atom stereocenters. The van der Waals surface area contributed by atoms with Gasteiger partial charge in [0, 0.05) is 16.8 Å². The molecule has 0 spiro atoms.